The summed E-state index contributed by atoms with van der Waals surface area (Å²) in [6, 6.07) is 62.2. The predicted octanol–water partition coefficient (Wildman–Crippen LogP) is 12.5. The molecule has 0 unspecified atom stereocenters. The Morgan fingerprint density at radius 2 is 1.00 bits per heavy atom. The fourth-order valence-electron chi connectivity index (χ4n) is 8.61. The lowest BCUT2D eigenvalue weighted by molar-refractivity contribution is 0.436. The first-order valence-electron chi connectivity index (χ1n) is 17.4. The lowest BCUT2D eigenvalue weighted by Crippen LogP contribution is -2.32. The Bertz CT molecular complexity index is 2730. The van der Waals surface area contributed by atoms with Crippen molar-refractivity contribution in [2.45, 2.75) is 5.41 Å². The minimum atomic E-state index is -0.559. The third-order valence-electron chi connectivity index (χ3n) is 10.7. The average Bonchev–Trinajstić information content (AvgIpc) is 3.71. The largest absolute Gasteiger partial charge is 0.457 e. The van der Waals surface area contributed by atoms with E-state index < -0.39 is 5.41 Å². The molecule has 1 aliphatic carbocycles. The summed E-state index contributed by atoms with van der Waals surface area (Å²) in [5.74, 6) is 1.67. The molecule has 0 saturated carbocycles. The third-order valence-corrected chi connectivity index (χ3v) is 10.7. The SMILES string of the molecule is c1ccc(-c2cc(-c3ccccc3)nc(-c3cccc4oc5cc6c(cc5c34)C3(c4ccccc4O6)c4ccccc4-c4ccccc43)c2)cc1. The van der Waals surface area contributed by atoms with Gasteiger partial charge in [0.15, 0.2) is 0 Å². The van der Waals surface area contributed by atoms with Gasteiger partial charge in [-0.05, 0) is 63.7 Å². The number of hydrogen-bond acceptors (Lipinski definition) is 3. The highest BCUT2D eigenvalue weighted by Crippen LogP contribution is 2.62. The second-order valence-electron chi connectivity index (χ2n) is 13.4. The summed E-state index contributed by atoms with van der Waals surface area (Å²) in [6.07, 6.45) is 0. The molecule has 0 N–H and O–H groups in total. The molecule has 0 saturated heterocycles. The molecule has 3 nitrogen and oxygen atoms in total. The van der Waals surface area contributed by atoms with Gasteiger partial charge in [0.25, 0.3) is 0 Å². The number of fused-ring (bicyclic) bond motifs is 12. The van der Waals surface area contributed by atoms with Gasteiger partial charge in [0.05, 0.1) is 16.8 Å². The standard InChI is InChI=1S/C48H29NO2/c1-3-14-30(15-4-1)32-26-41(31-16-5-2-6-17-31)49-42(27-32)35-20-13-25-44-47(35)36-28-40-46(29-45(36)51-44)50-43-24-12-11-23-39(43)48(40)37-21-9-7-18-33(37)34-19-8-10-22-38(34)48/h1-29H. The van der Waals surface area contributed by atoms with Crippen LogP contribution >= 0.6 is 0 Å². The minimum Gasteiger partial charge on any atom is -0.457 e. The number of furan rings is 1. The second-order valence-corrected chi connectivity index (χ2v) is 13.4. The maximum Gasteiger partial charge on any atom is 0.139 e. The van der Waals surface area contributed by atoms with Crippen molar-refractivity contribution in [3.05, 3.63) is 198 Å². The number of ether oxygens (including phenoxy) is 1. The van der Waals surface area contributed by atoms with E-state index in [0.29, 0.717) is 0 Å². The van der Waals surface area contributed by atoms with E-state index in [9.17, 15) is 0 Å². The number of pyridine rings is 1. The van der Waals surface area contributed by atoms with Crippen molar-refractivity contribution in [1.82, 2.24) is 4.98 Å². The summed E-state index contributed by atoms with van der Waals surface area (Å²) < 4.78 is 13.5. The molecular weight excluding hydrogens is 623 g/mol. The molecular formula is C48H29NO2. The van der Waals surface area contributed by atoms with Crippen molar-refractivity contribution in [3.8, 4) is 56.3 Å². The number of aromatic nitrogens is 1. The van der Waals surface area contributed by atoms with Gasteiger partial charge in [-0.3, -0.25) is 0 Å². The van der Waals surface area contributed by atoms with Crippen molar-refractivity contribution in [1.29, 1.82) is 0 Å². The number of para-hydroxylation sites is 1. The van der Waals surface area contributed by atoms with Crippen molar-refractivity contribution >= 4 is 21.9 Å². The zero-order chi connectivity index (χ0) is 33.5. The highest BCUT2D eigenvalue weighted by Gasteiger charge is 2.51. The summed E-state index contributed by atoms with van der Waals surface area (Å²) >= 11 is 0. The van der Waals surface area contributed by atoms with Crippen LogP contribution in [0.5, 0.6) is 11.5 Å². The molecule has 1 spiro atoms. The van der Waals surface area contributed by atoms with Crippen LogP contribution in [0.1, 0.15) is 22.3 Å². The Morgan fingerprint density at radius 1 is 0.392 bits per heavy atom. The number of rotatable bonds is 3. The van der Waals surface area contributed by atoms with Crippen LogP contribution < -0.4 is 4.74 Å². The van der Waals surface area contributed by atoms with Gasteiger partial charge in [0.2, 0.25) is 0 Å². The van der Waals surface area contributed by atoms with Crippen LogP contribution in [0, 0.1) is 0 Å². The first-order valence-corrected chi connectivity index (χ1v) is 17.4. The molecule has 1 aliphatic heterocycles. The molecule has 2 aromatic heterocycles. The highest BCUT2D eigenvalue weighted by molar-refractivity contribution is 6.13. The molecule has 9 aromatic rings. The summed E-state index contributed by atoms with van der Waals surface area (Å²) in [5, 5.41) is 2.08. The normalized spacial score (nSPS) is 13.4. The molecule has 0 fully saturated rings. The lowest BCUT2D eigenvalue weighted by atomic mass is 9.66. The van der Waals surface area contributed by atoms with E-state index in [1.807, 2.05) is 6.07 Å². The summed E-state index contributed by atoms with van der Waals surface area (Å²) in [6.45, 7) is 0. The van der Waals surface area contributed by atoms with Gasteiger partial charge >= 0.3 is 0 Å². The van der Waals surface area contributed by atoms with Crippen molar-refractivity contribution in [3.63, 3.8) is 0 Å². The van der Waals surface area contributed by atoms with Crippen LogP contribution in [0.4, 0.5) is 0 Å². The molecule has 0 radical (unpaired) electrons. The molecule has 0 amide bonds. The van der Waals surface area contributed by atoms with Crippen LogP contribution in [0.2, 0.25) is 0 Å². The summed E-state index contributed by atoms with van der Waals surface area (Å²) in [7, 11) is 0. The fourth-order valence-corrected chi connectivity index (χ4v) is 8.61. The maximum absolute atomic E-state index is 6.77. The van der Waals surface area contributed by atoms with Gasteiger partial charge in [0, 0.05) is 39.1 Å². The zero-order valence-electron chi connectivity index (χ0n) is 27.5. The minimum absolute atomic E-state index is 0.559. The van der Waals surface area contributed by atoms with Gasteiger partial charge in [-0.25, -0.2) is 4.98 Å². The number of nitrogens with zero attached hydrogens (tertiary/aromatic N) is 1. The topological polar surface area (TPSA) is 35.3 Å². The quantitative estimate of drug-likeness (QED) is 0.191. The van der Waals surface area contributed by atoms with Crippen molar-refractivity contribution in [2.75, 3.05) is 0 Å². The summed E-state index contributed by atoms with van der Waals surface area (Å²) in [4.78, 5) is 5.32. The molecule has 7 aromatic carbocycles. The molecule has 51 heavy (non-hydrogen) atoms. The average molecular weight is 652 g/mol. The molecule has 0 bridgehead atoms. The van der Waals surface area contributed by atoms with Gasteiger partial charge in [-0.15, -0.1) is 0 Å². The lowest BCUT2D eigenvalue weighted by Gasteiger charge is -2.39. The molecule has 0 atom stereocenters. The van der Waals surface area contributed by atoms with E-state index in [2.05, 4.69) is 170 Å². The smallest absolute Gasteiger partial charge is 0.139 e. The molecule has 238 valence electrons. The van der Waals surface area contributed by atoms with Crippen molar-refractivity contribution < 1.29 is 9.15 Å². The van der Waals surface area contributed by atoms with Gasteiger partial charge in [0.1, 0.15) is 22.7 Å². The van der Waals surface area contributed by atoms with E-state index in [-0.39, 0.29) is 0 Å². The van der Waals surface area contributed by atoms with Crippen LogP contribution in [0.25, 0.3) is 66.7 Å². The first-order chi connectivity index (χ1) is 25.3. The Balaban J connectivity index is 1.22. The Kier molecular flexibility index (Phi) is 5.88. The Labute approximate surface area is 295 Å². The molecule has 3 heterocycles. The van der Waals surface area contributed by atoms with E-state index in [1.165, 1.54) is 22.3 Å². The molecule has 3 heteroatoms. The monoisotopic (exact) mass is 651 g/mol. The van der Waals surface area contributed by atoms with Crippen LogP contribution in [-0.4, -0.2) is 4.98 Å². The van der Waals surface area contributed by atoms with Gasteiger partial charge < -0.3 is 9.15 Å². The molecule has 2 aliphatic rings. The van der Waals surface area contributed by atoms with Crippen LogP contribution in [0.15, 0.2) is 180 Å². The first kappa shape index (κ1) is 28.2. The van der Waals surface area contributed by atoms with E-state index in [1.54, 1.807) is 0 Å². The number of hydrogen-bond donors (Lipinski definition) is 0. The van der Waals surface area contributed by atoms with Crippen molar-refractivity contribution in [2.24, 2.45) is 0 Å². The Morgan fingerprint density at radius 3 is 1.75 bits per heavy atom. The third kappa shape index (κ3) is 3.97. The van der Waals surface area contributed by atoms with E-state index >= 15 is 0 Å². The van der Waals surface area contributed by atoms with Crippen LogP contribution in [0.3, 0.4) is 0 Å². The molecule has 11 rings (SSSR count). The van der Waals surface area contributed by atoms with Crippen LogP contribution in [-0.2, 0) is 5.41 Å². The van der Waals surface area contributed by atoms with Gasteiger partial charge in [-0.2, -0.15) is 0 Å². The van der Waals surface area contributed by atoms with E-state index in [0.717, 1.165) is 78.2 Å². The zero-order valence-corrected chi connectivity index (χ0v) is 27.5. The predicted molar refractivity (Wildman–Crippen MR) is 205 cm³/mol. The second kappa shape index (κ2) is 10.6. The van der Waals surface area contributed by atoms with E-state index in [4.69, 9.17) is 14.1 Å². The highest BCUT2D eigenvalue weighted by atomic mass is 16.5. The van der Waals surface area contributed by atoms with Gasteiger partial charge in [-0.1, -0.05) is 140 Å². The number of benzene rings is 7. The Hall–Kier alpha value is -6.71. The maximum atomic E-state index is 6.77. The fraction of sp³-hybridized carbons (Fsp3) is 0.0208. The summed E-state index contributed by atoms with van der Waals surface area (Å²) in [5.41, 5.74) is 14.5.